The molecule has 5 N–H and O–H groups in total. The van der Waals surface area contributed by atoms with Crippen molar-refractivity contribution in [2.45, 2.75) is 64.3 Å². The van der Waals surface area contributed by atoms with Gasteiger partial charge in [0.2, 0.25) is 0 Å². The van der Waals surface area contributed by atoms with Gasteiger partial charge in [0.1, 0.15) is 11.5 Å². The minimum atomic E-state index is -1.22. The van der Waals surface area contributed by atoms with Crippen LogP contribution in [-0.4, -0.2) is 55.0 Å². The average Bonchev–Trinajstić information content (AvgIpc) is 3.35. The van der Waals surface area contributed by atoms with Gasteiger partial charge in [-0.15, -0.1) is 0 Å². The number of aromatic carboxylic acids is 1. The minimum absolute atomic E-state index is 0.0683. The lowest BCUT2D eigenvalue weighted by Crippen LogP contribution is -2.27. The van der Waals surface area contributed by atoms with Crippen molar-refractivity contribution in [1.82, 2.24) is 9.88 Å². The molecule has 0 radical (unpaired) electrons. The minimum Gasteiger partial charge on any atom is -0.481 e. The summed E-state index contributed by atoms with van der Waals surface area (Å²) < 4.78 is 16.0. The summed E-state index contributed by atoms with van der Waals surface area (Å²) in [6, 6.07) is 21.3. The summed E-state index contributed by atoms with van der Waals surface area (Å²) in [6.45, 7) is 3.92. The highest BCUT2D eigenvalue weighted by Crippen LogP contribution is 2.42. The average molecular weight is 617 g/mol. The van der Waals surface area contributed by atoms with Crippen LogP contribution in [-0.2, 0) is 17.8 Å². The summed E-state index contributed by atoms with van der Waals surface area (Å²) in [4.78, 5) is 36.6. The molecule has 3 aromatic carbocycles. The van der Waals surface area contributed by atoms with E-state index in [0.717, 1.165) is 5.56 Å². The number of carboxylic acid groups (broad SMARTS) is 2. The number of hydrogen-bond acceptors (Lipinski definition) is 5. The molecular formula is C35H37FN2O7. The molecule has 0 spiro atoms. The maximum atomic E-state index is 14.1. The first-order valence-electron chi connectivity index (χ1n) is 14.7. The van der Waals surface area contributed by atoms with Crippen molar-refractivity contribution in [3.8, 4) is 22.3 Å². The molecule has 45 heavy (non-hydrogen) atoms. The van der Waals surface area contributed by atoms with Gasteiger partial charge in [0.15, 0.2) is 0 Å². The Morgan fingerprint density at radius 3 is 2.13 bits per heavy atom. The first-order chi connectivity index (χ1) is 21.5. The highest BCUT2D eigenvalue weighted by molar-refractivity contribution is 6.05. The number of carboxylic acids is 2. The Hall–Kier alpha value is -4.80. The molecule has 2 unspecified atom stereocenters. The molecule has 0 aliphatic carbocycles. The number of aliphatic carboxylic acids is 1. The molecule has 1 heterocycles. The lowest BCUT2D eigenvalue weighted by Gasteiger charge is -2.20. The van der Waals surface area contributed by atoms with Gasteiger partial charge in [-0.3, -0.25) is 9.59 Å². The van der Waals surface area contributed by atoms with Gasteiger partial charge in [0.25, 0.3) is 5.91 Å². The zero-order valence-corrected chi connectivity index (χ0v) is 25.1. The van der Waals surface area contributed by atoms with Gasteiger partial charge in [0.05, 0.1) is 24.2 Å². The fourth-order valence-electron chi connectivity index (χ4n) is 5.59. The predicted octanol–water partition coefficient (Wildman–Crippen LogP) is 5.69. The molecule has 0 saturated heterocycles. The molecule has 0 fully saturated rings. The van der Waals surface area contributed by atoms with Gasteiger partial charge < -0.3 is 30.3 Å². The third-order valence-corrected chi connectivity index (χ3v) is 7.53. The molecule has 0 aliphatic rings. The second-order valence-electron chi connectivity index (χ2n) is 11.3. The summed E-state index contributed by atoms with van der Waals surface area (Å²) in [5, 5.41) is 42.2. The molecule has 9 nitrogen and oxygen atoms in total. The second-order valence-corrected chi connectivity index (χ2v) is 11.3. The number of aliphatic hydroxyl groups is 2. The molecule has 1 amide bonds. The number of nitrogens with one attached hydrogen (secondary N) is 1. The van der Waals surface area contributed by atoms with Crippen LogP contribution in [0.5, 0.6) is 0 Å². The summed E-state index contributed by atoms with van der Waals surface area (Å²) in [5.41, 5.74) is 4.47. The molecule has 0 aliphatic heterocycles. The van der Waals surface area contributed by atoms with E-state index in [1.54, 1.807) is 24.3 Å². The smallest absolute Gasteiger partial charge is 0.335 e. The monoisotopic (exact) mass is 616 g/mol. The van der Waals surface area contributed by atoms with Gasteiger partial charge in [-0.1, -0.05) is 54.6 Å². The quantitative estimate of drug-likeness (QED) is 0.122. The summed E-state index contributed by atoms with van der Waals surface area (Å²) in [6.07, 6.45) is -2.42. The van der Waals surface area contributed by atoms with Crippen molar-refractivity contribution in [2.24, 2.45) is 0 Å². The first-order valence-corrected chi connectivity index (χ1v) is 14.7. The Balaban J connectivity index is 1.84. The number of halogens is 1. The Morgan fingerprint density at radius 2 is 1.51 bits per heavy atom. The molecular weight excluding hydrogens is 579 g/mol. The maximum absolute atomic E-state index is 14.1. The maximum Gasteiger partial charge on any atom is 0.335 e. The highest BCUT2D eigenvalue weighted by Gasteiger charge is 2.30. The zero-order chi connectivity index (χ0) is 32.7. The van der Waals surface area contributed by atoms with Crippen molar-refractivity contribution < 1.29 is 39.2 Å². The fraction of sp³-hybridized carbons (Fsp3) is 0.286. The van der Waals surface area contributed by atoms with Gasteiger partial charge in [-0.05, 0) is 74.1 Å². The predicted molar refractivity (Wildman–Crippen MR) is 167 cm³/mol. The molecule has 1 aromatic heterocycles. The SMILES string of the molecule is CC(C)n1c(CCC(O)CC(O)CC(=O)O)c(-c2ccc(F)cc2)c(-c2ccccc2)c1C(=O)NCc1cccc(C(=O)O)c1. The van der Waals surface area contributed by atoms with Crippen molar-refractivity contribution >= 4 is 17.8 Å². The molecule has 4 aromatic rings. The zero-order valence-electron chi connectivity index (χ0n) is 25.1. The van der Waals surface area contributed by atoms with E-state index >= 15 is 0 Å². The normalized spacial score (nSPS) is 12.6. The number of rotatable bonds is 14. The topological polar surface area (TPSA) is 149 Å². The van der Waals surface area contributed by atoms with Crippen molar-refractivity contribution in [3.63, 3.8) is 0 Å². The van der Waals surface area contributed by atoms with E-state index in [1.807, 2.05) is 48.7 Å². The number of aromatic nitrogens is 1. The Bertz CT molecular complexity index is 1650. The van der Waals surface area contributed by atoms with Crippen LogP contribution in [0.1, 0.15) is 71.3 Å². The molecule has 2 atom stereocenters. The number of benzene rings is 3. The molecule has 236 valence electrons. The number of aliphatic hydroxyl groups excluding tert-OH is 2. The number of carbonyl (C=O) groups is 3. The first kappa shape index (κ1) is 33.1. The van der Waals surface area contributed by atoms with E-state index in [1.165, 1.54) is 24.3 Å². The van der Waals surface area contributed by atoms with Crippen LogP contribution >= 0.6 is 0 Å². The standard InChI is InChI=1S/C35H37FN2O7/c1-21(2)38-29(16-15-27(39)18-28(40)19-30(41)42)31(24-11-13-26(36)14-12-24)32(23-8-4-3-5-9-23)33(38)34(43)37-20-22-7-6-10-25(17-22)35(44)45/h3-14,17,21,27-28,39-40H,15-16,18-20H2,1-2H3,(H,37,43)(H,41,42)(H,44,45). The summed E-state index contributed by atoms with van der Waals surface area (Å²) in [7, 11) is 0. The number of nitrogens with zero attached hydrogens (tertiary/aromatic N) is 1. The van der Waals surface area contributed by atoms with Crippen molar-refractivity contribution in [1.29, 1.82) is 0 Å². The second kappa shape index (κ2) is 14.8. The van der Waals surface area contributed by atoms with Crippen LogP contribution < -0.4 is 5.32 Å². The lowest BCUT2D eigenvalue weighted by atomic mass is 9.92. The Labute approximate surface area is 260 Å². The van der Waals surface area contributed by atoms with E-state index in [0.29, 0.717) is 33.6 Å². The highest BCUT2D eigenvalue weighted by atomic mass is 19.1. The van der Waals surface area contributed by atoms with Crippen LogP contribution in [0.2, 0.25) is 0 Å². The van der Waals surface area contributed by atoms with E-state index in [-0.39, 0.29) is 37.4 Å². The molecule has 0 bridgehead atoms. The van der Waals surface area contributed by atoms with Crippen LogP contribution in [0.15, 0.2) is 78.9 Å². The molecule has 10 heteroatoms. The van der Waals surface area contributed by atoms with Gasteiger partial charge in [-0.25, -0.2) is 9.18 Å². The van der Waals surface area contributed by atoms with Crippen molar-refractivity contribution in [3.05, 3.63) is 107 Å². The molecule has 0 saturated carbocycles. The van der Waals surface area contributed by atoms with E-state index in [9.17, 15) is 34.1 Å². The van der Waals surface area contributed by atoms with Crippen LogP contribution in [0, 0.1) is 5.82 Å². The number of carbonyl (C=O) groups excluding carboxylic acids is 1. The van der Waals surface area contributed by atoms with Crippen LogP contribution in [0.25, 0.3) is 22.3 Å². The fourth-order valence-corrected chi connectivity index (χ4v) is 5.59. The van der Waals surface area contributed by atoms with Gasteiger partial charge in [0, 0.05) is 29.4 Å². The van der Waals surface area contributed by atoms with Crippen molar-refractivity contribution in [2.75, 3.05) is 0 Å². The largest absolute Gasteiger partial charge is 0.481 e. The Morgan fingerprint density at radius 1 is 0.844 bits per heavy atom. The van der Waals surface area contributed by atoms with Gasteiger partial charge in [-0.2, -0.15) is 0 Å². The van der Waals surface area contributed by atoms with E-state index < -0.39 is 42.3 Å². The molecule has 4 rings (SSSR count). The number of hydrogen-bond donors (Lipinski definition) is 5. The summed E-state index contributed by atoms with van der Waals surface area (Å²) in [5.74, 6) is -3.07. The van der Waals surface area contributed by atoms with Crippen LogP contribution in [0.4, 0.5) is 4.39 Å². The third kappa shape index (κ3) is 8.23. The van der Waals surface area contributed by atoms with Crippen LogP contribution in [0.3, 0.4) is 0 Å². The van der Waals surface area contributed by atoms with E-state index in [2.05, 4.69) is 5.32 Å². The van der Waals surface area contributed by atoms with Gasteiger partial charge >= 0.3 is 11.9 Å². The number of amides is 1. The van der Waals surface area contributed by atoms with E-state index in [4.69, 9.17) is 5.11 Å². The lowest BCUT2D eigenvalue weighted by molar-refractivity contribution is -0.139. The summed E-state index contributed by atoms with van der Waals surface area (Å²) >= 11 is 0. The Kier molecular flexibility index (Phi) is 10.9. The third-order valence-electron chi connectivity index (χ3n) is 7.53.